The quantitative estimate of drug-likeness (QED) is 0.210. The van der Waals surface area contributed by atoms with Crippen molar-refractivity contribution in [3.63, 3.8) is 0 Å². The lowest BCUT2D eigenvalue weighted by atomic mass is 9.93. The third kappa shape index (κ3) is 3.87. The molecule has 192 valence electrons. The van der Waals surface area contributed by atoms with Crippen LogP contribution >= 0.6 is 22.7 Å². The fourth-order valence-electron chi connectivity index (χ4n) is 4.73. The number of rotatable bonds is 6. The van der Waals surface area contributed by atoms with E-state index in [9.17, 15) is 8.78 Å². The molecule has 0 nitrogen and oxygen atoms in total. The summed E-state index contributed by atoms with van der Waals surface area (Å²) in [7, 11) is 0. The highest BCUT2D eigenvalue weighted by molar-refractivity contribution is 7.16. The van der Waals surface area contributed by atoms with E-state index in [4.69, 9.17) is 0 Å². The first-order chi connectivity index (χ1) is 17.5. The molecule has 4 aromatic rings. The first kappa shape index (κ1) is 25.8. The van der Waals surface area contributed by atoms with Crippen LogP contribution < -0.4 is 0 Å². The summed E-state index contributed by atoms with van der Waals surface area (Å²) in [6, 6.07) is 20.4. The van der Waals surface area contributed by atoms with Gasteiger partial charge in [0, 0.05) is 30.7 Å². The third-order valence-electron chi connectivity index (χ3n) is 6.58. The number of thiophene rings is 2. The van der Waals surface area contributed by atoms with E-state index in [1.807, 2.05) is 0 Å². The normalized spacial score (nSPS) is 17.9. The first-order valence-corrected chi connectivity index (χ1v) is 13.4. The molecule has 0 saturated heterocycles. The van der Waals surface area contributed by atoms with Crippen molar-refractivity contribution in [2.75, 3.05) is 0 Å². The number of benzene rings is 2. The summed E-state index contributed by atoms with van der Waals surface area (Å²) >= 11 is 2.31. The first-order valence-electron chi connectivity index (χ1n) is 11.8. The summed E-state index contributed by atoms with van der Waals surface area (Å²) in [6.07, 6.45) is 0.465. The van der Waals surface area contributed by atoms with Gasteiger partial charge in [0.05, 0.1) is 0 Å². The van der Waals surface area contributed by atoms with Crippen LogP contribution in [0.25, 0.3) is 32.0 Å². The summed E-state index contributed by atoms with van der Waals surface area (Å²) in [6.45, 7) is 3.40. The van der Waals surface area contributed by atoms with E-state index in [1.54, 1.807) is 74.5 Å². The van der Waals surface area contributed by atoms with E-state index in [1.165, 1.54) is 12.1 Å². The van der Waals surface area contributed by atoms with Crippen LogP contribution in [0.5, 0.6) is 0 Å². The molecule has 0 radical (unpaired) electrons. The van der Waals surface area contributed by atoms with Gasteiger partial charge in [-0.05, 0) is 47.2 Å². The van der Waals surface area contributed by atoms with Crippen molar-refractivity contribution in [2.24, 2.45) is 0 Å². The summed E-state index contributed by atoms with van der Waals surface area (Å²) < 4.78 is 92.0. The van der Waals surface area contributed by atoms with Gasteiger partial charge in [-0.2, -0.15) is 26.3 Å². The lowest BCUT2D eigenvalue weighted by molar-refractivity contribution is -0.254. The maximum Gasteiger partial charge on any atom is 0.380 e. The molecular formula is C29H22F6S2. The van der Waals surface area contributed by atoms with Crippen LogP contribution in [-0.4, -0.2) is 17.8 Å². The van der Waals surface area contributed by atoms with Crippen LogP contribution in [0, 0.1) is 0 Å². The molecule has 1 aliphatic rings. The summed E-state index contributed by atoms with van der Waals surface area (Å²) in [4.78, 5) is 1.83. The van der Waals surface area contributed by atoms with Gasteiger partial charge in [0.15, 0.2) is 0 Å². The maximum atomic E-state index is 15.5. The lowest BCUT2D eigenvalue weighted by Crippen LogP contribution is -2.48. The van der Waals surface area contributed by atoms with Crippen molar-refractivity contribution in [3.05, 3.63) is 93.7 Å². The predicted octanol–water partition coefficient (Wildman–Crippen LogP) is 10.1. The average molecular weight is 549 g/mol. The molecule has 0 N–H and O–H groups in total. The fourth-order valence-corrected chi connectivity index (χ4v) is 6.95. The molecule has 8 heteroatoms. The van der Waals surface area contributed by atoms with Gasteiger partial charge in [0.1, 0.15) is 0 Å². The van der Waals surface area contributed by atoms with Crippen molar-refractivity contribution in [2.45, 2.75) is 44.5 Å². The fraction of sp³-hybridized carbons (Fsp3) is 0.241. The zero-order chi connectivity index (χ0) is 26.6. The van der Waals surface area contributed by atoms with Gasteiger partial charge in [-0.3, -0.25) is 0 Å². The van der Waals surface area contributed by atoms with E-state index in [0.29, 0.717) is 30.6 Å². The monoisotopic (exact) mass is 548 g/mol. The lowest BCUT2D eigenvalue weighted by Gasteiger charge is -2.25. The molecule has 0 aliphatic heterocycles. The van der Waals surface area contributed by atoms with E-state index >= 15 is 17.6 Å². The molecule has 5 rings (SSSR count). The van der Waals surface area contributed by atoms with Crippen LogP contribution in [0.15, 0.2) is 72.8 Å². The van der Waals surface area contributed by atoms with Gasteiger partial charge in [-0.1, -0.05) is 74.5 Å². The molecule has 2 aromatic carbocycles. The number of halogens is 6. The zero-order valence-electron chi connectivity index (χ0n) is 19.9. The molecule has 0 amide bonds. The molecule has 0 fully saturated rings. The minimum atomic E-state index is -5.58. The van der Waals surface area contributed by atoms with Gasteiger partial charge < -0.3 is 0 Å². The molecule has 2 aromatic heterocycles. The minimum Gasteiger partial charge on any atom is -0.194 e. The number of aryl methyl sites for hydroxylation is 2. The van der Waals surface area contributed by atoms with Gasteiger partial charge in [-0.25, -0.2) is 0 Å². The highest BCUT2D eigenvalue weighted by atomic mass is 32.1. The topological polar surface area (TPSA) is 0 Å². The summed E-state index contributed by atoms with van der Waals surface area (Å²) in [5, 5.41) is 0. The molecule has 0 saturated carbocycles. The van der Waals surface area contributed by atoms with Crippen molar-refractivity contribution >= 4 is 33.8 Å². The smallest absolute Gasteiger partial charge is 0.194 e. The van der Waals surface area contributed by atoms with Gasteiger partial charge in [0.25, 0.3) is 0 Å². The predicted molar refractivity (Wildman–Crippen MR) is 140 cm³/mol. The van der Waals surface area contributed by atoms with Crippen molar-refractivity contribution < 1.29 is 26.3 Å². The Bertz CT molecular complexity index is 1350. The van der Waals surface area contributed by atoms with Gasteiger partial charge >= 0.3 is 17.8 Å². The largest absolute Gasteiger partial charge is 0.380 e. The SMILES string of the molecule is CCc1sc(-c2ccccc2)cc1C1=C(c2cc(-c3ccccc3)sc2CC)C(F)(F)C(F)(F)C1(F)F. The standard InChI is InChI=1S/C29H22F6S2/c1-3-21-19(15-23(36-21)17-11-7-5-8-12-17)25-26(28(32,33)29(34,35)27(25,30)31)20-16-24(37-22(20)4-2)18-13-9-6-10-14-18/h5-16H,3-4H2,1-2H3. The Hall–Kier alpha value is -2.84. The number of hydrogen-bond acceptors (Lipinski definition) is 2. The van der Waals surface area contributed by atoms with Gasteiger partial charge in [-0.15, -0.1) is 22.7 Å². The second kappa shape index (κ2) is 9.17. The molecule has 37 heavy (non-hydrogen) atoms. The van der Waals surface area contributed by atoms with Crippen LogP contribution in [-0.2, 0) is 12.8 Å². The molecule has 0 bridgehead atoms. The van der Waals surface area contributed by atoms with Crippen molar-refractivity contribution in [1.29, 1.82) is 0 Å². The highest BCUT2D eigenvalue weighted by Gasteiger charge is 2.80. The van der Waals surface area contributed by atoms with E-state index < -0.39 is 28.9 Å². The van der Waals surface area contributed by atoms with Crippen LogP contribution in [0.1, 0.15) is 34.7 Å². The van der Waals surface area contributed by atoms with Crippen molar-refractivity contribution in [1.82, 2.24) is 0 Å². The number of alkyl halides is 6. The molecule has 0 spiro atoms. The van der Waals surface area contributed by atoms with Crippen LogP contribution in [0.3, 0.4) is 0 Å². The van der Waals surface area contributed by atoms with E-state index in [2.05, 4.69) is 0 Å². The Morgan fingerprint density at radius 3 is 1.24 bits per heavy atom. The van der Waals surface area contributed by atoms with Crippen LogP contribution in [0.2, 0.25) is 0 Å². The number of hydrogen-bond donors (Lipinski definition) is 0. The molecule has 0 atom stereocenters. The highest BCUT2D eigenvalue weighted by Crippen LogP contribution is 2.66. The van der Waals surface area contributed by atoms with E-state index in [-0.39, 0.29) is 24.0 Å². The van der Waals surface area contributed by atoms with Crippen molar-refractivity contribution in [3.8, 4) is 20.9 Å². The van der Waals surface area contributed by atoms with Crippen LogP contribution in [0.4, 0.5) is 26.3 Å². The Morgan fingerprint density at radius 1 is 0.568 bits per heavy atom. The Kier molecular flexibility index (Phi) is 6.39. The minimum absolute atomic E-state index is 0.233. The third-order valence-corrected chi connectivity index (χ3v) is 9.24. The molecule has 2 heterocycles. The Labute approximate surface area is 218 Å². The molecule has 0 unspecified atom stereocenters. The number of allylic oxidation sites excluding steroid dienone is 2. The summed E-state index contributed by atoms with van der Waals surface area (Å²) in [5.41, 5.74) is -1.62. The average Bonchev–Trinajstić information content (AvgIpc) is 3.54. The zero-order valence-corrected chi connectivity index (χ0v) is 21.6. The second-order valence-corrected chi connectivity index (χ2v) is 11.1. The second-order valence-electron chi connectivity index (χ2n) is 8.81. The molecule has 1 aliphatic carbocycles. The Morgan fingerprint density at radius 2 is 0.919 bits per heavy atom. The molecular weight excluding hydrogens is 526 g/mol. The van der Waals surface area contributed by atoms with E-state index in [0.717, 1.165) is 22.7 Å². The van der Waals surface area contributed by atoms with Gasteiger partial charge in [0.2, 0.25) is 0 Å². The maximum absolute atomic E-state index is 15.5. The summed E-state index contributed by atoms with van der Waals surface area (Å²) in [5.74, 6) is -15.7. The Balaban J connectivity index is 1.82.